The maximum Gasteiger partial charge on any atom is 0.263 e. The number of methoxy groups -OCH3 is 2. The minimum atomic E-state index is -0.173. The van der Waals surface area contributed by atoms with Crippen LogP contribution in [0.1, 0.15) is 27.9 Å². The summed E-state index contributed by atoms with van der Waals surface area (Å²) in [6, 6.07) is 7.25. The summed E-state index contributed by atoms with van der Waals surface area (Å²) in [6.45, 7) is 2.32. The van der Waals surface area contributed by atoms with Crippen LogP contribution in [-0.4, -0.2) is 35.1 Å². The van der Waals surface area contributed by atoms with Crippen molar-refractivity contribution in [3.05, 3.63) is 52.8 Å². The van der Waals surface area contributed by atoms with Crippen LogP contribution in [-0.2, 0) is 13.0 Å². The van der Waals surface area contributed by atoms with Crippen molar-refractivity contribution >= 4 is 17.2 Å². The van der Waals surface area contributed by atoms with E-state index in [9.17, 15) is 4.79 Å². The van der Waals surface area contributed by atoms with E-state index in [1.165, 1.54) is 11.3 Å². The minimum absolute atomic E-state index is 0.173. The number of amides is 1. The summed E-state index contributed by atoms with van der Waals surface area (Å²) in [6.07, 6.45) is 3.97. The van der Waals surface area contributed by atoms with Crippen molar-refractivity contribution in [3.63, 3.8) is 0 Å². The summed E-state index contributed by atoms with van der Waals surface area (Å²) in [5.41, 5.74) is 1.62. The maximum absolute atomic E-state index is 12.7. The van der Waals surface area contributed by atoms with Crippen molar-refractivity contribution in [2.45, 2.75) is 19.9 Å². The summed E-state index contributed by atoms with van der Waals surface area (Å²) in [7, 11) is 3.18. The first-order valence-corrected chi connectivity index (χ1v) is 9.23. The Morgan fingerprint density at radius 1 is 1.11 bits per heavy atom. The molecule has 0 atom stereocenters. The molecule has 0 radical (unpaired) electrons. The summed E-state index contributed by atoms with van der Waals surface area (Å²) in [5.74, 6) is 1.70. The zero-order chi connectivity index (χ0) is 19.2. The van der Waals surface area contributed by atoms with Crippen molar-refractivity contribution < 1.29 is 14.3 Å². The molecule has 27 heavy (non-hydrogen) atoms. The van der Waals surface area contributed by atoms with E-state index >= 15 is 0 Å². The van der Waals surface area contributed by atoms with Gasteiger partial charge in [-0.3, -0.25) is 4.79 Å². The molecule has 1 aromatic carbocycles. The molecule has 0 fully saturated rings. The number of thiazole rings is 1. The van der Waals surface area contributed by atoms with Gasteiger partial charge in [-0.05, 0) is 30.2 Å². The molecule has 0 saturated carbocycles. The highest BCUT2D eigenvalue weighted by Gasteiger charge is 2.19. The lowest BCUT2D eigenvalue weighted by Gasteiger charge is -2.09. The minimum Gasteiger partial charge on any atom is -0.497 e. The Balaban J connectivity index is 1.78. The molecular formula is C19H20N4O3S. The molecule has 3 aromatic rings. The van der Waals surface area contributed by atoms with E-state index < -0.39 is 0 Å². The normalized spacial score (nSPS) is 10.5. The molecule has 0 aliphatic heterocycles. The van der Waals surface area contributed by atoms with Crippen molar-refractivity contribution in [1.29, 1.82) is 0 Å². The molecule has 0 saturated heterocycles. The van der Waals surface area contributed by atoms with E-state index in [-0.39, 0.29) is 5.91 Å². The lowest BCUT2D eigenvalue weighted by atomic mass is 10.2. The van der Waals surface area contributed by atoms with Gasteiger partial charge in [0.2, 0.25) is 0 Å². The highest BCUT2D eigenvalue weighted by atomic mass is 32.1. The van der Waals surface area contributed by atoms with Gasteiger partial charge < -0.3 is 14.8 Å². The van der Waals surface area contributed by atoms with Crippen LogP contribution >= 0.6 is 11.3 Å². The summed E-state index contributed by atoms with van der Waals surface area (Å²) >= 11 is 1.30. The van der Waals surface area contributed by atoms with Crippen LogP contribution in [0.4, 0.5) is 0 Å². The second-order valence-electron chi connectivity index (χ2n) is 5.62. The number of carbonyl (C=O) groups excluding carboxylic acids is 1. The fourth-order valence-corrected chi connectivity index (χ4v) is 3.52. The van der Waals surface area contributed by atoms with Gasteiger partial charge in [0.05, 0.1) is 19.9 Å². The van der Waals surface area contributed by atoms with Crippen molar-refractivity contribution in [3.8, 4) is 22.3 Å². The van der Waals surface area contributed by atoms with Crippen LogP contribution in [0.15, 0.2) is 36.7 Å². The Hall–Kier alpha value is -3.00. The number of aryl methyl sites for hydroxylation is 1. The number of nitrogens with zero attached hydrogens (tertiary/aromatic N) is 3. The summed E-state index contributed by atoms with van der Waals surface area (Å²) in [5, 5.41) is 3.58. The number of nitrogens with one attached hydrogen (secondary N) is 1. The first kappa shape index (κ1) is 18.8. The molecule has 0 bridgehead atoms. The molecule has 2 aromatic heterocycles. The number of rotatable bonds is 7. The van der Waals surface area contributed by atoms with E-state index in [0.29, 0.717) is 40.2 Å². The van der Waals surface area contributed by atoms with Gasteiger partial charge in [-0.2, -0.15) is 0 Å². The fraction of sp³-hybridized carbons (Fsp3) is 0.263. The zero-order valence-electron chi connectivity index (χ0n) is 15.4. The largest absolute Gasteiger partial charge is 0.497 e. The second kappa shape index (κ2) is 8.59. The van der Waals surface area contributed by atoms with Gasteiger partial charge in [0.15, 0.2) is 10.8 Å². The van der Waals surface area contributed by atoms with Crippen LogP contribution in [0.5, 0.6) is 11.5 Å². The molecule has 0 aliphatic carbocycles. The summed E-state index contributed by atoms with van der Waals surface area (Å²) < 4.78 is 10.5. The van der Waals surface area contributed by atoms with Gasteiger partial charge in [0.25, 0.3) is 5.91 Å². The van der Waals surface area contributed by atoms with E-state index in [1.807, 2.05) is 19.1 Å². The standard InChI is InChI=1S/C19H20N4O3S/c1-4-15-16(27-19(23-15)17-20-6-5-7-21-17)18(24)22-11-12-8-13(25-2)10-14(9-12)26-3/h5-10H,4,11H2,1-3H3,(H,22,24). The average molecular weight is 384 g/mol. The number of ether oxygens (including phenoxy) is 2. The smallest absolute Gasteiger partial charge is 0.263 e. The molecule has 0 spiro atoms. The quantitative estimate of drug-likeness (QED) is 0.674. The lowest BCUT2D eigenvalue weighted by Crippen LogP contribution is -2.23. The molecule has 3 rings (SSSR count). The topological polar surface area (TPSA) is 86.2 Å². The van der Waals surface area contributed by atoms with E-state index in [0.717, 1.165) is 11.3 Å². The lowest BCUT2D eigenvalue weighted by molar-refractivity contribution is 0.0953. The molecule has 2 heterocycles. The number of hydrogen-bond donors (Lipinski definition) is 1. The third-order valence-corrected chi connectivity index (χ3v) is 4.95. The van der Waals surface area contributed by atoms with Crippen LogP contribution in [0, 0.1) is 0 Å². The highest BCUT2D eigenvalue weighted by molar-refractivity contribution is 7.17. The van der Waals surface area contributed by atoms with Crippen LogP contribution in [0.25, 0.3) is 10.8 Å². The Morgan fingerprint density at radius 2 is 1.78 bits per heavy atom. The molecule has 0 aliphatic rings. The molecule has 0 unspecified atom stereocenters. The molecule has 140 valence electrons. The fourth-order valence-electron chi connectivity index (χ4n) is 2.50. The molecular weight excluding hydrogens is 364 g/mol. The van der Waals surface area contributed by atoms with Crippen molar-refractivity contribution in [1.82, 2.24) is 20.3 Å². The van der Waals surface area contributed by atoms with Gasteiger partial charge >= 0.3 is 0 Å². The van der Waals surface area contributed by atoms with Gasteiger partial charge in [-0.1, -0.05) is 6.92 Å². The van der Waals surface area contributed by atoms with Crippen LogP contribution in [0.2, 0.25) is 0 Å². The number of hydrogen-bond acceptors (Lipinski definition) is 7. The van der Waals surface area contributed by atoms with Gasteiger partial charge in [0, 0.05) is 25.0 Å². The zero-order valence-corrected chi connectivity index (χ0v) is 16.2. The predicted octanol–water partition coefficient (Wildman–Crippen LogP) is 3.11. The van der Waals surface area contributed by atoms with Crippen LogP contribution in [0.3, 0.4) is 0 Å². The summed E-state index contributed by atoms with van der Waals surface area (Å²) in [4.78, 5) is 26.2. The molecule has 1 amide bonds. The third kappa shape index (κ3) is 4.40. The first-order valence-electron chi connectivity index (χ1n) is 8.41. The maximum atomic E-state index is 12.7. The van der Waals surface area contributed by atoms with Gasteiger partial charge in [-0.15, -0.1) is 11.3 Å². The number of carbonyl (C=O) groups is 1. The van der Waals surface area contributed by atoms with Crippen molar-refractivity contribution in [2.75, 3.05) is 14.2 Å². The van der Waals surface area contributed by atoms with Gasteiger partial charge in [0.1, 0.15) is 16.4 Å². The molecule has 8 heteroatoms. The monoisotopic (exact) mass is 384 g/mol. The SMILES string of the molecule is CCc1nc(-c2ncccn2)sc1C(=O)NCc1cc(OC)cc(OC)c1. The number of benzene rings is 1. The average Bonchev–Trinajstić information content (AvgIpc) is 3.17. The predicted molar refractivity (Wildman–Crippen MR) is 103 cm³/mol. The number of aromatic nitrogens is 3. The Kier molecular flexibility index (Phi) is 5.97. The van der Waals surface area contributed by atoms with Crippen molar-refractivity contribution in [2.24, 2.45) is 0 Å². The second-order valence-corrected chi connectivity index (χ2v) is 6.62. The third-order valence-electron chi connectivity index (χ3n) is 3.86. The Morgan fingerprint density at radius 3 is 2.37 bits per heavy atom. The highest BCUT2D eigenvalue weighted by Crippen LogP contribution is 2.26. The van der Waals surface area contributed by atoms with Crippen LogP contribution < -0.4 is 14.8 Å². The van der Waals surface area contributed by atoms with E-state index in [4.69, 9.17) is 9.47 Å². The first-order chi connectivity index (χ1) is 13.1. The molecule has 1 N–H and O–H groups in total. The van der Waals surface area contributed by atoms with E-state index in [1.54, 1.807) is 38.7 Å². The molecule has 7 nitrogen and oxygen atoms in total. The Bertz CT molecular complexity index is 906. The van der Waals surface area contributed by atoms with Gasteiger partial charge in [-0.25, -0.2) is 15.0 Å². The Labute approximate surface area is 161 Å². The van der Waals surface area contributed by atoms with E-state index in [2.05, 4.69) is 20.3 Å².